The van der Waals surface area contributed by atoms with Crippen molar-refractivity contribution < 1.29 is 4.79 Å². The van der Waals surface area contributed by atoms with Crippen molar-refractivity contribution in [1.29, 1.82) is 0 Å². The molecular weight excluding hydrogens is 338 g/mol. The van der Waals surface area contributed by atoms with Crippen LogP contribution >= 0.6 is 0 Å². The van der Waals surface area contributed by atoms with Gasteiger partial charge in [-0.05, 0) is 62.7 Å². The first-order chi connectivity index (χ1) is 13.2. The highest BCUT2D eigenvalue weighted by molar-refractivity contribution is 5.88. The molecule has 1 saturated carbocycles. The van der Waals surface area contributed by atoms with Gasteiger partial charge in [0, 0.05) is 19.3 Å². The van der Waals surface area contributed by atoms with Crippen molar-refractivity contribution in [3.05, 3.63) is 47.8 Å². The zero-order chi connectivity index (χ0) is 18.6. The summed E-state index contributed by atoms with van der Waals surface area (Å²) in [5, 5.41) is 10.3. The van der Waals surface area contributed by atoms with Gasteiger partial charge in [-0.1, -0.05) is 24.3 Å². The fourth-order valence-corrected chi connectivity index (χ4v) is 3.84. The van der Waals surface area contributed by atoms with Crippen LogP contribution in [-0.2, 0) is 13.1 Å². The van der Waals surface area contributed by atoms with Crippen molar-refractivity contribution in [3.63, 3.8) is 0 Å². The Morgan fingerprint density at radius 1 is 1.22 bits per heavy atom. The van der Waals surface area contributed by atoms with E-state index >= 15 is 0 Å². The minimum absolute atomic E-state index is 0.190. The number of urea groups is 1. The molecule has 2 amide bonds. The van der Waals surface area contributed by atoms with E-state index in [2.05, 4.69) is 45.8 Å². The minimum atomic E-state index is -0.190. The van der Waals surface area contributed by atoms with E-state index in [4.69, 9.17) is 0 Å². The lowest BCUT2D eigenvalue weighted by molar-refractivity contribution is 0.251. The molecule has 6 heteroatoms. The van der Waals surface area contributed by atoms with E-state index in [0.29, 0.717) is 12.6 Å². The van der Waals surface area contributed by atoms with Crippen molar-refractivity contribution in [2.24, 2.45) is 5.92 Å². The van der Waals surface area contributed by atoms with Crippen LogP contribution in [0.1, 0.15) is 49.8 Å². The molecule has 1 saturated heterocycles. The van der Waals surface area contributed by atoms with E-state index in [1.165, 1.54) is 49.9 Å². The number of aromatic nitrogens is 2. The van der Waals surface area contributed by atoms with Gasteiger partial charge in [0.2, 0.25) is 0 Å². The highest BCUT2D eigenvalue weighted by Crippen LogP contribution is 2.39. The van der Waals surface area contributed by atoms with Crippen LogP contribution in [0.4, 0.5) is 10.5 Å². The zero-order valence-electron chi connectivity index (χ0n) is 16.0. The first kappa shape index (κ1) is 18.0. The molecule has 144 valence electrons. The van der Waals surface area contributed by atoms with Crippen LogP contribution in [-0.4, -0.2) is 33.8 Å². The van der Waals surface area contributed by atoms with E-state index in [1.54, 1.807) is 6.20 Å². The maximum Gasteiger partial charge on any atom is 0.319 e. The van der Waals surface area contributed by atoms with Gasteiger partial charge in [-0.15, -0.1) is 0 Å². The fourth-order valence-electron chi connectivity index (χ4n) is 3.84. The van der Waals surface area contributed by atoms with Gasteiger partial charge < -0.3 is 10.6 Å². The molecule has 0 bridgehead atoms. The third kappa shape index (κ3) is 4.69. The van der Waals surface area contributed by atoms with Gasteiger partial charge in [0.1, 0.15) is 0 Å². The summed E-state index contributed by atoms with van der Waals surface area (Å²) in [6.45, 7) is 6.02. The lowest BCUT2D eigenvalue weighted by Crippen LogP contribution is -2.29. The number of nitrogens with one attached hydrogen (secondary N) is 2. The third-order valence-corrected chi connectivity index (χ3v) is 5.73. The Labute approximate surface area is 160 Å². The van der Waals surface area contributed by atoms with Crippen molar-refractivity contribution >= 4 is 11.7 Å². The summed E-state index contributed by atoms with van der Waals surface area (Å²) in [5.74, 6) is 0.735. The monoisotopic (exact) mass is 367 g/mol. The normalized spacial score (nSPS) is 18.4. The molecule has 0 spiro atoms. The molecule has 4 rings (SSSR count). The van der Waals surface area contributed by atoms with E-state index < -0.39 is 0 Å². The molecule has 27 heavy (non-hydrogen) atoms. The van der Waals surface area contributed by atoms with Crippen molar-refractivity contribution in [1.82, 2.24) is 20.0 Å². The Kier molecular flexibility index (Phi) is 5.43. The molecule has 2 fully saturated rings. The Balaban J connectivity index is 1.30. The Bertz CT molecular complexity index is 776. The molecule has 1 atom stereocenters. The lowest BCUT2D eigenvalue weighted by Gasteiger charge is -2.17. The number of carbonyl (C=O) groups excluding carboxylic acids is 1. The first-order valence-corrected chi connectivity index (χ1v) is 10.1. The second kappa shape index (κ2) is 8.13. The number of benzene rings is 1. The van der Waals surface area contributed by atoms with Gasteiger partial charge in [-0.25, -0.2) is 4.79 Å². The third-order valence-electron chi connectivity index (χ3n) is 5.73. The molecule has 1 aromatic heterocycles. The standard InChI is InChI=1S/C21H29N5O/c1-16(17-8-9-17)26-15-20(13-23-26)24-21(27)22-12-18-6-2-3-7-19(18)14-25-10-4-5-11-25/h2-3,6-7,13,15-17H,4-5,8-12,14H2,1H3,(H2,22,24,27). The lowest BCUT2D eigenvalue weighted by atomic mass is 10.1. The predicted molar refractivity (Wildman–Crippen MR) is 106 cm³/mol. The van der Waals surface area contributed by atoms with Crippen molar-refractivity contribution in [2.45, 2.75) is 51.7 Å². The van der Waals surface area contributed by atoms with Gasteiger partial charge in [-0.3, -0.25) is 9.58 Å². The number of rotatable bonds is 7. The van der Waals surface area contributed by atoms with Crippen LogP contribution in [0.2, 0.25) is 0 Å². The van der Waals surface area contributed by atoms with Gasteiger partial charge in [0.05, 0.1) is 17.9 Å². The zero-order valence-corrected chi connectivity index (χ0v) is 16.0. The number of hydrogen-bond donors (Lipinski definition) is 2. The molecule has 2 heterocycles. The fraction of sp³-hybridized carbons (Fsp3) is 0.524. The Morgan fingerprint density at radius 3 is 2.70 bits per heavy atom. The van der Waals surface area contributed by atoms with Gasteiger partial charge in [-0.2, -0.15) is 5.10 Å². The minimum Gasteiger partial charge on any atom is -0.334 e. The molecule has 1 aromatic carbocycles. The van der Waals surface area contributed by atoms with Crippen LogP contribution in [0.25, 0.3) is 0 Å². The van der Waals surface area contributed by atoms with E-state index in [1.807, 2.05) is 16.9 Å². The van der Waals surface area contributed by atoms with Crippen LogP contribution < -0.4 is 10.6 Å². The number of hydrogen-bond acceptors (Lipinski definition) is 3. The van der Waals surface area contributed by atoms with Crippen LogP contribution in [0.3, 0.4) is 0 Å². The van der Waals surface area contributed by atoms with E-state index in [9.17, 15) is 4.79 Å². The van der Waals surface area contributed by atoms with Crippen molar-refractivity contribution in [2.75, 3.05) is 18.4 Å². The second-order valence-corrected chi connectivity index (χ2v) is 7.85. The number of likely N-dealkylation sites (tertiary alicyclic amines) is 1. The molecule has 0 radical (unpaired) electrons. The predicted octanol–water partition coefficient (Wildman–Crippen LogP) is 3.77. The summed E-state index contributed by atoms with van der Waals surface area (Å²) in [4.78, 5) is 14.8. The van der Waals surface area contributed by atoms with Crippen LogP contribution in [0.5, 0.6) is 0 Å². The van der Waals surface area contributed by atoms with E-state index in [-0.39, 0.29) is 6.03 Å². The summed E-state index contributed by atoms with van der Waals surface area (Å²) >= 11 is 0. The average Bonchev–Trinajstić information content (AvgIpc) is 3.20. The average molecular weight is 367 g/mol. The van der Waals surface area contributed by atoms with Gasteiger partial charge in [0.25, 0.3) is 0 Å². The highest BCUT2D eigenvalue weighted by atomic mass is 16.2. The topological polar surface area (TPSA) is 62.2 Å². The molecule has 6 nitrogen and oxygen atoms in total. The van der Waals surface area contributed by atoms with E-state index in [0.717, 1.165) is 18.2 Å². The van der Waals surface area contributed by atoms with Crippen LogP contribution in [0.15, 0.2) is 36.7 Å². The summed E-state index contributed by atoms with van der Waals surface area (Å²) < 4.78 is 1.96. The van der Waals surface area contributed by atoms with Gasteiger partial charge in [0.15, 0.2) is 0 Å². The number of anilines is 1. The SMILES string of the molecule is CC(C1CC1)n1cc(NC(=O)NCc2ccccc2CN2CCCC2)cn1. The summed E-state index contributed by atoms with van der Waals surface area (Å²) in [7, 11) is 0. The first-order valence-electron chi connectivity index (χ1n) is 10.1. The quantitative estimate of drug-likeness (QED) is 0.783. The maximum atomic E-state index is 12.3. The van der Waals surface area contributed by atoms with Gasteiger partial charge >= 0.3 is 6.03 Å². The van der Waals surface area contributed by atoms with Crippen LogP contribution in [0, 0.1) is 5.92 Å². The number of carbonyl (C=O) groups is 1. The molecule has 2 aliphatic rings. The molecular formula is C21H29N5O. The summed E-state index contributed by atoms with van der Waals surface area (Å²) in [5.41, 5.74) is 3.22. The Morgan fingerprint density at radius 2 is 1.96 bits per heavy atom. The number of amides is 2. The maximum absolute atomic E-state index is 12.3. The van der Waals surface area contributed by atoms with Crippen molar-refractivity contribution in [3.8, 4) is 0 Å². The molecule has 2 N–H and O–H groups in total. The number of nitrogens with zero attached hydrogens (tertiary/aromatic N) is 3. The summed E-state index contributed by atoms with van der Waals surface area (Å²) in [6.07, 6.45) is 8.78. The Hall–Kier alpha value is -2.34. The molecule has 1 unspecified atom stereocenters. The second-order valence-electron chi connectivity index (χ2n) is 7.85. The largest absolute Gasteiger partial charge is 0.334 e. The molecule has 1 aliphatic carbocycles. The highest BCUT2D eigenvalue weighted by Gasteiger charge is 2.29. The molecule has 1 aliphatic heterocycles. The molecule has 2 aromatic rings. The summed E-state index contributed by atoms with van der Waals surface area (Å²) in [6, 6.07) is 8.58. The smallest absolute Gasteiger partial charge is 0.319 e.